The zero-order valence-electron chi connectivity index (χ0n) is 17.6. The number of nitrogens with zero attached hydrogens (tertiary/aromatic N) is 3. The summed E-state index contributed by atoms with van der Waals surface area (Å²) in [5.41, 5.74) is 3.81. The molecule has 1 aliphatic heterocycles. The average Bonchev–Trinajstić information content (AvgIpc) is 2.64. The Labute approximate surface area is 182 Å². The highest BCUT2D eigenvalue weighted by Crippen LogP contribution is 2.19. The number of hydrogen-bond donors (Lipinski definition) is 1. The Kier molecular flexibility index (Phi) is 11.1. The van der Waals surface area contributed by atoms with E-state index in [4.69, 9.17) is 9.73 Å². The smallest absolute Gasteiger partial charge is 0.193 e. The van der Waals surface area contributed by atoms with E-state index < -0.39 is 0 Å². The molecule has 0 bridgehead atoms. The number of halogens is 1. The molecule has 0 spiro atoms. The highest BCUT2D eigenvalue weighted by atomic mass is 127. The third kappa shape index (κ3) is 7.86. The van der Waals surface area contributed by atoms with Crippen molar-refractivity contribution in [3.63, 3.8) is 0 Å². The first-order valence-corrected chi connectivity index (χ1v) is 9.85. The SMILES string of the molecule is CCNC(=NCc1ccc(N(C)C)cc1C)N(C)CCC1CCOCC1.I. The van der Waals surface area contributed by atoms with Gasteiger partial charge >= 0.3 is 0 Å². The first-order chi connectivity index (χ1) is 12.5. The molecule has 6 heteroatoms. The van der Waals surface area contributed by atoms with Gasteiger partial charge in [0.25, 0.3) is 0 Å². The summed E-state index contributed by atoms with van der Waals surface area (Å²) in [6.45, 7) is 8.77. The first kappa shape index (κ1) is 24.0. The largest absolute Gasteiger partial charge is 0.381 e. The standard InChI is InChI=1S/C21H36N4O.HI/c1-6-22-21(25(5)12-9-18-10-13-26-14-11-18)23-16-19-7-8-20(24(3)4)15-17(19)2;/h7-8,15,18H,6,9-14,16H2,1-5H3,(H,22,23);1H. The molecule has 1 saturated heterocycles. The molecule has 1 heterocycles. The lowest BCUT2D eigenvalue weighted by Gasteiger charge is -2.27. The van der Waals surface area contributed by atoms with Crippen LogP contribution in [0.5, 0.6) is 0 Å². The highest BCUT2D eigenvalue weighted by Gasteiger charge is 2.15. The summed E-state index contributed by atoms with van der Waals surface area (Å²) < 4.78 is 5.46. The van der Waals surface area contributed by atoms with Crippen LogP contribution in [-0.2, 0) is 11.3 Å². The molecule has 0 radical (unpaired) electrons. The van der Waals surface area contributed by atoms with Gasteiger partial charge in [0.05, 0.1) is 6.54 Å². The van der Waals surface area contributed by atoms with Crippen molar-refractivity contribution in [2.75, 3.05) is 52.3 Å². The summed E-state index contributed by atoms with van der Waals surface area (Å²) >= 11 is 0. The quantitative estimate of drug-likeness (QED) is 0.359. The lowest BCUT2D eigenvalue weighted by molar-refractivity contribution is 0.0625. The molecule has 0 atom stereocenters. The number of ether oxygens (including phenoxy) is 1. The van der Waals surface area contributed by atoms with Crippen LogP contribution in [0.15, 0.2) is 23.2 Å². The van der Waals surface area contributed by atoms with Gasteiger partial charge in [0.2, 0.25) is 0 Å². The van der Waals surface area contributed by atoms with Crippen LogP contribution in [0.4, 0.5) is 5.69 Å². The molecule has 5 nitrogen and oxygen atoms in total. The van der Waals surface area contributed by atoms with Crippen molar-refractivity contribution in [2.24, 2.45) is 10.9 Å². The Hall–Kier alpha value is -1.02. The van der Waals surface area contributed by atoms with E-state index in [0.29, 0.717) is 6.54 Å². The molecule has 1 N–H and O–H groups in total. The van der Waals surface area contributed by atoms with Gasteiger partial charge in [0.15, 0.2) is 5.96 Å². The summed E-state index contributed by atoms with van der Waals surface area (Å²) in [6, 6.07) is 6.59. The van der Waals surface area contributed by atoms with E-state index in [-0.39, 0.29) is 24.0 Å². The zero-order chi connectivity index (χ0) is 18.9. The Morgan fingerprint density at radius 3 is 2.52 bits per heavy atom. The summed E-state index contributed by atoms with van der Waals surface area (Å²) in [6.07, 6.45) is 3.60. The number of anilines is 1. The molecule has 2 rings (SSSR count). The van der Waals surface area contributed by atoms with Crippen LogP contribution in [0.3, 0.4) is 0 Å². The number of guanidine groups is 1. The van der Waals surface area contributed by atoms with Gasteiger partial charge in [-0.3, -0.25) is 0 Å². The summed E-state index contributed by atoms with van der Waals surface area (Å²) in [5, 5.41) is 3.43. The second kappa shape index (κ2) is 12.4. The highest BCUT2D eigenvalue weighted by molar-refractivity contribution is 14.0. The molecule has 154 valence electrons. The van der Waals surface area contributed by atoms with Crippen molar-refractivity contribution in [3.8, 4) is 0 Å². The van der Waals surface area contributed by atoms with Gasteiger partial charge in [-0.1, -0.05) is 6.07 Å². The van der Waals surface area contributed by atoms with Crippen LogP contribution in [0.1, 0.15) is 37.3 Å². The predicted molar refractivity (Wildman–Crippen MR) is 127 cm³/mol. The van der Waals surface area contributed by atoms with E-state index in [2.05, 4.69) is 68.3 Å². The lowest BCUT2D eigenvalue weighted by Crippen LogP contribution is -2.40. The molecule has 1 aromatic rings. The van der Waals surface area contributed by atoms with Crippen LogP contribution in [0, 0.1) is 12.8 Å². The number of benzene rings is 1. The Balaban J connectivity index is 0.00000364. The molecule has 0 aliphatic carbocycles. The predicted octanol–water partition coefficient (Wildman–Crippen LogP) is 3.89. The summed E-state index contributed by atoms with van der Waals surface area (Å²) in [4.78, 5) is 9.28. The minimum absolute atomic E-state index is 0. The molecular weight excluding hydrogens is 451 g/mol. The maximum atomic E-state index is 5.46. The first-order valence-electron chi connectivity index (χ1n) is 9.85. The second-order valence-electron chi connectivity index (χ2n) is 7.44. The monoisotopic (exact) mass is 488 g/mol. The second-order valence-corrected chi connectivity index (χ2v) is 7.44. The number of aliphatic imine (C=N–C) groups is 1. The van der Waals surface area contributed by atoms with Crippen molar-refractivity contribution in [1.29, 1.82) is 0 Å². The minimum Gasteiger partial charge on any atom is -0.381 e. The van der Waals surface area contributed by atoms with E-state index in [1.165, 1.54) is 36.1 Å². The molecule has 1 fully saturated rings. The lowest BCUT2D eigenvalue weighted by atomic mass is 9.96. The Bertz CT molecular complexity index is 586. The minimum atomic E-state index is 0. The molecule has 0 saturated carbocycles. The molecule has 1 aromatic carbocycles. The van der Waals surface area contributed by atoms with Gasteiger partial charge in [-0.15, -0.1) is 24.0 Å². The molecule has 0 aromatic heterocycles. The number of aryl methyl sites for hydroxylation is 1. The zero-order valence-corrected chi connectivity index (χ0v) is 20.0. The van der Waals surface area contributed by atoms with Crippen LogP contribution >= 0.6 is 24.0 Å². The molecular formula is C21H37IN4O. The molecule has 0 amide bonds. The van der Waals surface area contributed by atoms with Crippen LogP contribution in [0.25, 0.3) is 0 Å². The van der Waals surface area contributed by atoms with Crippen molar-refractivity contribution in [1.82, 2.24) is 10.2 Å². The summed E-state index contributed by atoms with van der Waals surface area (Å²) in [5.74, 6) is 1.78. The maximum absolute atomic E-state index is 5.46. The molecule has 27 heavy (non-hydrogen) atoms. The maximum Gasteiger partial charge on any atom is 0.193 e. The van der Waals surface area contributed by atoms with Gasteiger partial charge in [0.1, 0.15) is 0 Å². The number of hydrogen-bond acceptors (Lipinski definition) is 3. The number of rotatable bonds is 7. The van der Waals surface area contributed by atoms with Gasteiger partial charge in [-0.05, 0) is 62.3 Å². The Morgan fingerprint density at radius 2 is 1.93 bits per heavy atom. The van der Waals surface area contributed by atoms with E-state index in [9.17, 15) is 0 Å². The van der Waals surface area contributed by atoms with Crippen molar-refractivity contribution in [2.45, 2.75) is 39.7 Å². The fourth-order valence-corrected chi connectivity index (χ4v) is 3.28. The summed E-state index contributed by atoms with van der Waals surface area (Å²) in [7, 11) is 6.29. The van der Waals surface area contributed by atoms with Gasteiger partial charge < -0.3 is 19.9 Å². The van der Waals surface area contributed by atoms with E-state index in [1.54, 1.807) is 0 Å². The third-order valence-corrected chi connectivity index (χ3v) is 5.15. The third-order valence-electron chi connectivity index (χ3n) is 5.15. The van der Waals surface area contributed by atoms with Gasteiger partial charge in [-0.25, -0.2) is 4.99 Å². The van der Waals surface area contributed by atoms with Gasteiger partial charge in [0, 0.05) is 53.1 Å². The fourth-order valence-electron chi connectivity index (χ4n) is 3.28. The normalized spacial score (nSPS) is 15.2. The van der Waals surface area contributed by atoms with Crippen LogP contribution in [0.2, 0.25) is 0 Å². The van der Waals surface area contributed by atoms with Crippen molar-refractivity contribution in [3.05, 3.63) is 29.3 Å². The van der Waals surface area contributed by atoms with Crippen molar-refractivity contribution >= 4 is 35.6 Å². The van der Waals surface area contributed by atoms with Crippen LogP contribution < -0.4 is 10.2 Å². The topological polar surface area (TPSA) is 40.1 Å². The molecule has 0 unspecified atom stereocenters. The fraction of sp³-hybridized carbons (Fsp3) is 0.667. The van der Waals surface area contributed by atoms with E-state index in [1.807, 2.05) is 0 Å². The number of nitrogens with one attached hydrogen (secondary N) is 1. The van der Waals surface area contributed by atoms with Crippen molar-refractivity contribution < 1.29 is 4.74 Å². The van der Waals surface area contributed by atoms with Crippen LogP contribution in [-0.4, -0.2) is 58.3 Å². The molecule has 1 aliphatic rings. The van der Waals surface area contributed by atoms with E-state index >= 15 is 0 Å². The average molecular weight is 488 g/mol. The Morgan fingerprint density at radius 1 is 1.22 bits per heavy atom. The van der Waals surface area contributed by atoms with E-state index in [0.717, 1.165) is 38.2 Å². The van der Waals surface area contributed by atoms with Gasteiger partial charge in [-0.2, -0.15) is 0 Å².